The maximum Gasteiger partial charge on any atom is 0.349 e. The van der Waals surface area contributed by atoms with Crippen molar-refractivity contribution in [3.05, 3.63) is 127 Å². The monoisotopic (exact) mass is 1700 g/mol. The summed E-state index contributed by atoms with van der Waals surface area (Å²) in [6.07, 6.45) is 3.11. The van der Waals surface area contributed by atoms with Crippen LogP contribution in [0.2, 0.25) is 0 Å². The van der Waals surface area contributed by atoms with E-state index in [2.05, 4.69) is 62.1 Å². The Morgan fingerprint density at radius 3 is 1.45 bits per heavy atom. The molecule has 5 aliphatic rings. The molecular formula is C80H111N15O22P2. The number of aryl methyl sites for hydroxylation is 6. The highest BCUT2D eigenvalue weighted by Gasteiger charge is 2.34. The second-order valence-electron chi connectivity index (χ2n) is 32.7. The molecule has 0 unspecified atom stereocenters. The van der Waals surface area contributed by atoms with E-state index in [1.165, 1.54) is 0 Å². The van der Waals surface area contributed by atoms with Gasteiger partial charge in [0.2, 0.25) is 33.1 Å². The van der Waals surface area contributed by atoms with Crippen molar-refractivity contribution < 1.29 is 79.7 Å². The van der Waals surface area contributed by atoms with E-state index in [9.17, 15) is 61.9 Å². The standard InChI is InChI=1S/C31H46N5O9P.C29H40N5O9P.C20H25N5O4/c1-20-16-21-23(17-22(20)35(8)9)36(25-24(32-21)26(37)34-29(40)33-25)14-12-10-11-13-15-46(41,44-18-42-27(38)30(2,3)4)45-19-43-28(39)31(5,6)7;1-17-12-20-21(13-18(17)2)34(24-23(33-20)25(36)32-19(3)31-24)14-22(35)30-10-11-44(39,42-15-40-26(37)28(4,5)6)43-16-41-27(38)29(7,8)9;1-4-29-16(26)6-5-7-21-8-9-25-15-11-13(3)12(2)10-14(15)22-17-18(25)23-20(28)24-19(17)27/h16-17H,10-15,18-19H2,1-9H3,(H,34,37,40);12-13H,3,10-11,14-16H2,1-2,4-9H3,(H,30,35)(H,32,36);10-11,21H,4-9H2,1-3H3,(H,24,27,28). The van der Waals surface area contributed by atoms with Crippen LogP contribution in [0.3, 0.4) is 0 Å². The highest BCUT2D eigenvalue weighted by Crippen LogP contribution is 2.50. The van der Waals surface area contributed by atoms with E-state index in [4.69, 9.17) is 41.8 Å². The Morgan fingerprint density at radius 1 is 0.504 bits per heavy atom. The number of amides is 1. The predicted octanol–water partition coefficient (Wildman–Crippen LogP) is 8.61. The molecule has 0 bridgehead atoms. The molecule has 1 amide bonds. The Hall–Kier alpha value is -10.5. The van der Waals surface area contributed by atoms with E-state index in [-0.39, 0.29) is 71.1 Å². The molecule has 5 N–H and O–H groups in total. The molecule has 4 aromatic rings. The number of esters is 5. The SMILES string of the molecule is C=c1nc2c(c(=O)[nH]1)=Nc1cc(C)c(C)cc1N2CC(=O)NCCP(=O)(OCOC(=O)C(C)(C)C)OCOC(=O)C(C)(C)C.CCOC(=O)CCCNCCn1c2nc(=O)[nH]c(=O)c-2nc2cc(C)c(C)cc21.Cc1cc2nc3c(=O)[nH]c(=O)nc-3n(CCCCCCP(=O)(OCOC(=O)C(C)(C)C)OCOC(=O)C(C)(C)C)c2cc1N(C)C. The van der Waals surface area contributed by atoms with E-state index >= 15 is 0 Å². The lowest BCUT2D eigenvalue weighted by atomic mass is 9.98. The lowest BCUT2D eigenvalue weighted by Crippen LogP contribution is -2.45. The summed E-state index contributed by atoms with van der Waals surface area (Å²) in [6, 6.07) is 11.5. The molecule has 5 aliphatic heterocycles. The number of aromatic nitrogens is 10. The van der Waals surface area contributed by atoms with Gasteiger partial charge in [-0.3, -0.25) is 80.3 Å². The van der Waals surface area contributed by atoms with Crippen LogP contribution in [0.5, 0.6) is 0 Å². The van der Waals surface area contributed by atoms with Crippen LogP contribution in [0.15, 0.2) is 65.4 Å². The van der Waals surface area contributed by atoms with Crippen molar-refractivity contribution in [2.45, 2.75) is 176 Å². The Labute approximate surface area is 687 Å². The lowest BCUT2D eigenvalue weighted by molar-refractivity contribution is -0.163. The van der Waals surface area contributed by atoms with Crippen LogP contribution in [-0.4, -0.2) is 171 Å². The van der Waals surface area contributed by atoms with Crippen molar-refractivity contribution in [1.29, 1.82) is 0 Å². The number of carbonyl (C=O) groups excluding carboxylic acids is 6. The number of ether oxygens (including phenoxy) is 5. The van der Waals surface area contributed by atoms with Crippen LogP contribution in [0, 0.1) is 56.3 Å². The van der Waals surface area contributed by atoms with Gasteiger partial charge in [-0.05, 0) is 215 Å². The Morgan fingerprint density at radius 2 is 0.958 bits per heavy atom. The van der Waals surface area contributed by atoms with Gasteiger partial charge in [-0.2, -0.15) is 9.97 Å². The lowest BCUT2D eigenvalue weighted by Gasteiger charge is -2.28. The third kappa shape index (κ3) is 27.0. The summed E-state index contributed by atoms with van der Waals surface area (Å²) >= 11 is 0. The molecule has 0 spiro atoms. The van der Waals surface area contributed by atoms with Crippen LogP contribution in [-0.2, 0) is 92.8 Å². The fourth-order valence-corrected chi connectivity index (χ4v) is 13.9. The van der Waals surface area contributed by atoms with Crippen LogP contribution < -0.4 is 59.3 Å². The molecule has 39 heteroatoms. The molecule has 0 fully saturated rings. The molecule has 9 rings (SSSR count). The molecule has 119 heavy (non-hydrogen) atoms. The molecule has 0 saturated carbocycles. The average Bonchev–Trinajstić information content (AvgIpc) is 0.767. The third-order valence-corrected chi connectivity index (χ3v) is 21.9. The zero-order valence-corrected chi connectivity index (χ0v) is 73.2. The second-order valence-corrected chi connectivity index (χ2v) is 37.0. The quantitative estimate of drug-likeness (QED) is 0.00641. The van der Waals surface area contributed by atoms with E-state index in [0.29, 0.717) is 93.7 Å². The summed E-state index contributed by atoms with van der Waals surface area (Å²) in [5, 5.41) is 5.98. The maximum absolute atomic E-state index is 13.5. The van der Waals surface area contributed by atoms with Gasteiger partial charge in [0.05, 0.1) is 74.0 Å². The molecule has 648 valence electrons. The smallest absolute Gasteiger partial charge is 0.349 e. The van der Waals surface area contributed by atoms with Crippen molar-refractivity contribution in [2.24, 2.45) is 26.7 Å². The first-order valence-electron chi connectivity index (χ1n) is 38.7. The van der Waals surface area contributed by atoms with Gasteiger partial charge >= 0.3 is 56.4 Å². The number of benzene rings is 3. The largest absolute Gasteiger partial charge is 0.466 e. The van der Waals surface area contributed by atoms with Gasteiger partial charge in [0.1, 0.15) is 12.0 Å². The molecule has 0 saturated heterocycles. The molecule has 37 nitrogen and oxygen atoms in total. The van der Waals surface area contributed by atoms with E-state index in [1.54, 1.807) is 94.9 Å². The van der Waals surface area contributed by atoms with Crippen LogP contribution in [0.4, 0.5) is 22.9 Å². The summed E-state index contributed by atoms with van der Waals surface area (Å²) in [7, 11) is -3.96. The summed E-state index contributed by atoms with van der Waals surface area (Å²) < 4.78 is 77.3. The molecule has 0 aliphatic carbocycles. The number of nitrogens with zero attached hydrogens (tertiary/aromatic N) is 10. The fraction of sp³-hybridized carbons (Fsp3) is 0.537. The molecule has 0 radical (unpaired) electrons. The maximum atomic E-state index is 13.5. The summed E-state index contributed by atoms with van der Waals surface area (Å²) in [5.41, 5.74) is 3.96. The van der Waals surface area contributed by atoms with Crippen LogP contribution in [0.25, 0.3) is 51.7 Å². The summed E-state index contributed by atoms with van der Waals surface area (Å²) in [6.45, 7) is 34.9. The second kappa shape index (κ2) is 40.9. The van der Waals surface area contributed by atoms with Gasteiger partial charge in [-0.15, -0.1) is 0 Å². The first kappa shape index (κ1) is 95.6. The first-order chi connectivity index (χ1) is 55.5. The van der Waals surface area contributed by atoms with Crippen molar-refractivity contribution in [3.63, 3.8) is 0 Å². The molecule has 1 aromatic heterocycles. The number of aromatic amines is 3. The molecular weight excluding hydrogens is 1580 g/mol. The number of anilines is 3. The van der Waals surface area contributed by atoms with Gasteiger partial charge in [-0.1, -0.05) is 19.4 Å². The van der Waals surface area contributed by atoms with Crippen LogP contribution >= 0.6 is 15.2 Å². The molecule has 0 atom stereocenters. The number of hydrogen-bond acceptors (Lipinski definition) is 31. The predicted molar refractivity (Wildman–Crippen MR) is 446 cm³/mol. The van der Waals surface area contributed by atoms with Gasteiger partial charge < -0.3 is 58.2 Å². The topological polar surface area (TPSA) is 470 Å². The number of carbonyl (C=O) groups is 6. The number of H-pyrrole nitrogens is 3. The minimum atomic E-state index is -4.03. The van der Waals surface area contributed by atoms with Gasteiger partial charge in [0, 0.05) is 52.4 Å². The number of nitrogens with one attached hydrogen (secondary N) is 5. The van der Waals surface area contributed by atoms with E-state index < -0.39 is 122 Å². The van der Waals surface area contributed by atoms with Gasteiger partial charge in [0.15, 0.2) is 34.2 Å². The highest BCUT2D eigenvalue weighted by molar-refractivity contribution is 7.54. The van der Waals surface area contributed by atoms with Crippen molar-refractivity contribution in [2.75, 3.05) is 96.2 Å². The van der Waals surface area contributed by atoms with Crippen molar-refractivity contribution in [1.82, 2.24) is 59.6 Å². The van der Waals surface area contributed by atoms with Crippen molar-refractivity contribution in [3.8, 4) is 23.0 Å². The number of rotatable bonds is 33. The minimum absolute atomic E-state index is 0.00332. The molecule has 6 heterocycles. The fourth-order valence-electron chi connectivity index (χ4n) is 11.4. The average molecular weight is 1700 g/mol. The van der Waals surface area contributed by atoms with Gasteiger partial charge in [0.25, 0.3) is 16.7 Å². The van der Waals surface area contributed by atoms with E-state index in [0.717, 1.165) is 44.5 Å². The zero-order chi connectivity index (χ0) is 88.4. The number of fused-ring (bicyclic) bond motifs is 6. The van der Waals surface area contributed by atoms with Gasteiger partial charge in [-0.25, -0.2) is 29.5 Å². The van der Waals surface area contributed by atoms with E-state index in [1.807, 2.05) is 99.1 Å². The van der Waals surface area contributed by atoms with Crippen LogP contribution in [0.1, 0.15) is 156 Å². The van der Waals surface area contributed by atoms with Crippen molar-refractivity contribution >= 4 is 102 Å². The summed E-state index contributed by atoms with van der Waals surface area (Å²) in [4.78, 5) is 171. The number of unbranched alkanes of at least 4 members (excludes halogenated alkanes) is 3. The zero-order valence-electron chi connectivity index (χ0n) is 71.5. The Kier molecular flexibility index (Phi) is 32.9. The normalized spacial score (nSPS) is 12.4. The Bertz CT molecular complexity index is 5440. The summed E-state index contributed by atoms with van der Waals surface area (Å²) in [5.74, 6) is -2.29. The minimum Gasteiger partial charge on any atom is -0.466 e. The molecule has 3 aromatic carbocycles. The number of hydrogen-bond donors (Lipinski definition) is 5. The first-order valence-corrected chi connectivity index (χ1v) is 42.2. The highest BCUT2D eigenvalue weighted by atomic mass is 31.2. The Balaban J connectivity index is 0.000000252. The third-order valence-electron chi connectivity index (χ3n) is 18.3.